The summed E-state index contributed by atoms with van der Waals surface area (Å²) >= 11 is 1.81. The van der Waals surface area contributed by atoms with Gasteiger partial charge in [0, 0.05) is 15.6 Å². The maximum absolute atomic E-state index is 11.4. The van der Waals surface area contributed by atoms with Gasteiger partial charge in [-0.1, -0.05) is 18.2 Å². The summed E-state index contributed by atoms with van der Waals surface area (Å²) in [5.41, 5.74) is 0. The number of benzene rings is 1. The van der Waals surface area contributed by atoms with Gasteiger partial charge >= 0.3 is 0 Å². The summed E-state index contributed by atoms with van der Waals surface area (Å²) in [4.78, 5) is 1.31. The van der Waals surface area contributed by atoms with Crippen molar-refractivity contribution >= 4 is 31.3 Å². The standard InChI is InChI=1S/C15H19NO2S2/c1-11(16-9-12-6-7-20(17,18)10-12)15-8-13-4-2-3-5-14(13)19-15/h2-5,8,11-12,16H,6-7,9-10H2,1H3. The van der Waals surface area contributed by atoms with Gasteiger partial charge in [0.2, 0.25) is 0 Å². The van der Waals surface area contributed by atoms with Crippen LogP contribution in [0.15, 0.2) is 30.3 Å². The van der Waals surface area contributed by atoms with Gasteiger partial charge in [-0.3, -0.25) is 0 Å². The van der Waals surface area contributed by atoms with Gasteiger partial charge in [0.25, 0.3) is 0 Å². The highest BCUT2D eigenvalue weighted by molar-refractivity contribution is 7.91. The number of nitrogens with one attached hydrogen (secondary N) is 1. The van der Waals surface area contributed by atoms with E-state index in [9.17, 15) is 8.42 Å². The molecule has 1 aromatic carbocycles. The van der Waals surface area contributed by atoms with E-state index in [2.05, 4.69) is 42.6 Å². The molecule has 1 aliphatic rings. The van der Waals surface area contributed by atoms with Crippen LogP contribution in [0.5, 0.6) is 0 Å². The molecule has 1 aliphatic heterocycles. The van der Waals surface area contributed by atoms with Crippen LogP contribution in [0, 0.1) is 5.92 Å². The van der Waals surface area contributed by atoms with Crippen molar-refractivity contribution in [2.24, 2.45) is 5.92 Å². The highest BCUT2D eigenvalue weighted by atomic mass is 32.2. The quantitative estimate of drug-likeness (QED) is 0.944. The molecule has 2 aromatic rings. The van der Waals surface area contributed by atoms with E-state index in [1.54, 1.807) is 11.3 Å². The Morgan fingerprint density at radius 2 is 2.20 bits per heavy atom. The molecule has 2 atom stereocenters. The molecule has 1 fully saturated rings. The summed E-state index contributed by atoms with van der Waals surface area (Å²) < 4.78 is 24.2. The first-order chi connectivity index (χ1) is 9.53. The van der Waals surface area contributed by atoms with Crippen LogP contribution >= 0.6 is 11.3 Å². The van der Waals surface area contributed by atoms with Crippen LogP contribution in [-0.4, -0.2) is 26.5 Å². The molecule has 2 unspecified atom stereocenters. The lowest BCUT2D eigenvalue weighted by molar-refractivity contribution is 0.480. The summed E-state index contributed by atoms with van der Waals surface area (Å²) in [7, 11) is -2.77. The second-order valence-corrected chi connectivity index (χ2v) is 8.93. The SMILES string of the molecule is CC(NCC1CCS(=O)(=O)C1)c1cc2ccccc2s1. The van der Waals surface area contributed by atoms with Crippen molar-refractivity contribution in [2.45, 2.75) is 19.4 Å². The summed E-state index contributed by atoms with van der Waals surface area (Å²) in [6.45, 7) is 2.93. The third-order valence-electron chi connectivity index (χ3n) is 3.91. The lowest BCUT2D eigenvalue weighted by Gasteiger charge is -2.15. The van der Waals surface area contributed by atoms with Crippen molar-refractivity contribution in [1.82, 2.24) is 5.32 Å². The lowest BCUT2D eigenvalue weighted by Crippen LogP contribution is -2.26. The largest absolute Gasteiger partial charge is 0.309 e. The van der Waals surface area contributed by atoms with Crippen molar-refractivity contribution in [3.63, 3.8) is 0 Å². The number of hydrogen-bond donors (Lipinski definition) is 1. The predicted octanol–water partition coefficient (Wildman–Crippen LogP) is 2.99. The number of rotatable bonds is 4. The fourth-order valence-corrected chi connectivity index (χ4v) is 5.65. The Hall–Kier alpha value is -0.910. The fourth-order valence-electron chi connectivity index (χ4n) is 2.69. The predicted molar refractivity (Wildman–Crippen MR) is 85.0 cm³/mol. The Morgan fingerprint density at radius 3 is 2.90 bits per heavy atom. The van der Waals surface area contributed by atoms with E-state index in [1.165, 1.54) is 15.0 Å². The third kappa shape index (κ3) is 3.05. The van der Waals surface area contributed by atoms with Crippen LogP contribution in [0.3, 0.4) is 0 Å². The van der Waals surface area contributed by atoms with Gasteiger partial charge < -0.3 is 5.32 Å². The highest BCUT2D eigenvalue weighted by Gasteiger charge is 2.27. The van der Waals surface area contributed by atoms with Crippen LogP contribution in [0.2, 0.25) is 0 Å². The maximum Gasteiger partial charge on any atom is 0.150 e. The number of hydrogen-bond acceptors (Lipinski definition) is 4. The minimum absolute atomic E-state index is 0.274. The Balaban J connectivity index is 1.63. The van der Waals surface area contributed by atoms with E-state index >= 15 is 0 Å². The molecule has 0 spiro atoms. The van der Waals surface area contributed by atoms with Gasteiger partial charge in [0.05, 0.1) is 11.5 Å². The molecule has 5 heteroatoms. The molecule has 20 heavy (non-hydrogen) atoms. The summed E-state index contributed by atoms with van der Waals surface area (Å²) in [5, 5.41) is 4.77. The zero-order chi connectivity index (χ0) is 14.2. The summed E-state index contributed by atoms with van der Waals surface area (Å²) in [6, 6.07) is 10.9. The number of thiophene rings is 1. The molecule has 0 aliphatic carbocycles. The summed E-state index contributed by atoms with van der Waals surface area (Å²) in [6.07, 6.45) is 0.800. The first kappa shape index (κ1) is 14.0. The molecule has 1 aromatic heterocycles. The van der Waals surface area contributed by atoms with Crippen LogP contribution in [-0.2, 0) is 9.84 Å². The molecular formula is C15H19NO2S2. The Kier molecular flexibility index (Phi) is 3.84. The third-order valence-corrected chi connectivity index (χ3v) is 7.05. The van der Waals surface area contributed by atoms with Gasteiger partial charge in [-0.05, 0) is 43.3 Å². The van der Waals surface area contributed by atoms with Gasteiger partial charge in [0.1, 0.15) is 0 Å². The van der Waals surface area contributed by atoms with Crippen molar-refractivity contribution < 1.29 is 8.42 Å². The monoisotopic (exact) mass is 309 g/mol. The molecule has 2 heterocycles. The molecule has 1 saturated heterocycles. The minimum Gasteiger partial charge on any atom is -0.309 e. The van der Waals surface area contributed by atoms with Crippen molar-refractivity contribution in [3.8, 4) is 0 Å². The molecule has 3 nitrogen and oxygen atoms in total. The molecule has 0 radical (unpaired) electrons. The Bertz CT molecular complexity index is 672. The van der Waals surface area contributed by atoms with E-state index in [0.717, 1.165) is 13.0 Å². The van der Waals surface area contributed by atoms with E-state index < -0.39 is 9.84 Å². The van der Waals surface area contributed by atoms with E-state index in [0.29, 0.717) is 11.5 Å². The minimum atomic E-state index is -2.77. The zero-order valence-electron chi connectivity index (χ0n) is 11.5. The van der Waals surface area contributed by atoms with E-state index in [4.69, 9.17) is 0 Å². The highest BCUT2D eigenvalue weighted by Crippen LogP contribution is 2.30. The van der Waals surface area contributed by atoms with Gasteiger partial charge in [-0.2, -0.15) is 0 Å². The molecule has 0 bridgehead atoms. The van der Waals surface area contributed by atoms with Crippen molar-refractivity contribution in [3.05, 3.63) is 35.2 Å². The second kappa shape index (κ2) is 5.47. The summed E-state index contributed by atoms with van der Waals surface area (Å²) in [5.74, 6) is 0.979. The number of sulfone groups is 1. The molecule has 0 amide bonds. The van der Waals surface area contributed by atoms with Crippen LogP contribution in [0.25, 0.3) is 10.1 Å². The smallest absolute Gasteiger partial charge is 0.150 e. The zero-order valence-corrected chi connectivity index (χ0v) is 13.1. The van der Waals surface area contributed by atoms with Gasteiger partial charge in [0.15, 0.2) is 9.84 Å². The van der Waals surface area contributed by atoms with Gasteiger partial charge in [-0.25, -0.2) is 8.42 Å². The average molecular weight is 309 g/mol. The topological polar surface area (TPSA) is 46.2 Å². The fraction of sp³-hybridized carbons (Fsp3) is 0.467. The molecule has 3 rings (SSSR count). The molecular weight excluding hydrogens is 290 g/mol. The Morgan fingerprint density at radius 1 is 1.40 bits per heavy atom. The lowest BCUT2D eigenvalue weighted by atomic mass is 10.1. The van der Waals surface area contributed by atoms with Gasteiger partial charge in [-0.15, -0.1) is 11.3 Å². The first-order valence-corrected chi connectivity index (χ1v) is 9.59. The first-order valence-electron chi connectivity index (χ1n) is 6.96. The second-order valence-electron chi connectivity index (χ2n) is 5.59. The number of fused-ring (bicyclic) bond motifs is 1. The van der Waals surface area contributed by atoms with Crippen LogP contribution in [0.4, 0.5) is 0 Å². The Labute approximate surface area is 123 Å². The molecule has 108 valence electrons. The molecule has 1 N–H and O–H groups in total. The normalized spacial score (nSPS) is 23.1. The van der Waals surface area contributed by atoms with Crippen LogP contribution in [0.1, 0.15) is 24.3 Å². The molecule has 0 saturated carbocycles. The van der Waals surface area contributed by atoms with Crippen molar-refractivity contribution in [2.75, 3.05) is 18.1 Å². The van der Waals surface area contributed by atoms with E-state index in [1.807, 2.05) is 0 Å². The van der Waals surface area contributed by atoms with Crippen molar-refractivity contribution in [1.29, 1.82) is 0 Å². The maximum atomic E-state index is 11.4. The van der Waals surface area contributed by atoms with E-state index in [-0.39, 0.29) is 12.0 Å². The average Bonchev–Trinajstić information content (AvgIpc) is 2.99. The van der Waals surface area contributed by atoms with Crippen LogP contribution < -0.4 is 5.32 Å².